The summed E-state index contributed by atoms with van der Waals surface area (Å²) in [5.74, 6) is 0.316. The first kappa shape index (κ1) is 13.1. The molecule has 0 bridgehead atoms. The summed E-state index contributed by atoms with van der Waals surface area (Å²) >= 11 is 1.27. The molecule has 0 saturated carbocycles. The van der Waals surface area contributed by atoms with Crippen molar-refractivity contribution in [1.82, 2.24) is 4.37 Å². The molecule has 0 unspecified atom stereocenters. The number of nitrogen functional groups attached to an aromatic ring is 1. The summed E-state index contributed by atoms with van der Waals surface area (Å²) in [6, 6.07) is 2.10. The maximum Gasteiger partial charge on any atom is 0.157 e. The fourth-order valence-corrected chi connectivity index (χ4v) is 2.87. The SMILES string of the molecule is N#Cc1c(N)nsc1N1CCC(OCCO)CC1. The Morgan fingerprint density at radius 2 is 2.28 bits per heavy atom. The predicted molar refractivity (Wildman–Crippen MR) is 69.5 cm³/mol. The molecule has 1 aliphatic heterocycles. The first-order chi connectivity index (χ1) is 8.76. The van der Waals surface area contributed by atoms with Gasteiger partial charge >= 0.3 is 0 Å². The molecule has 0 aromatic carbocycles. The first-order valence-electron chi connectivity index (χ1n) is 5.89. The molecule has 1 aromatic rings. The number of nitrogens with two attached hydrogens (primary N) is 1. The molecule has 98 valence electrons. The van der Waals surface area contributed by atoms with Gasteiger partial charge in [-0.25, -0.2) is 0 Å². The number of aromatic nitrogens is 1. The van der Waals surface area contributed by atoms with Crippen LogP contribution in [-0.4, -0.2) is 41.9 Å². The number of ether oxygens (including phenoxy) is 1. The molecule has 0 atom stereocenters. The van der Waals surface area contributed by atoms with Crippen molar-refractivity contribution in [2.45, 2.75) is 18.9 Å². The number of hydrogen-bond acceptors (Lipinski definition) is 7. The molecule has 3 N–H and O–H groups in total. The fourth-order valence-electron chi connectivity index (χ4n) is 2.06. The van der Waals surface area contributed by atoms with E-state index in [0.717, 1.165) is 30.9 Å². The Morgan fingerprint density at radius 1 is 1.56 bits per heavy atom. The second-order valence-electron chi connectivity index (χ2n) is 4.14. The smallest absolute Gasteiger partial charge is 0.157 e. The molecule has 2 rings (SSSR count). The minimum Gasteiger partial charge on any atom is -0.394 e. The Labute approximate surface area is 110 Å². The highest BCUT2D eigenvalue weighted by atomic mass is 32.1. The van der Waals surface area contributed by atoms with Gasteiger partial charge in [0.25, 0.3) is 0 Å². The third-order valence-corrected chi connectivity index (χ3v) is 3.91. The third-order valence-electron chi connectivity index (χ3n) is 2.99. The van der Waals surface area contributed by atoms with E-state index >= 15 is 0 Å². The van der Waals surface area contributed by atoms with Crippen molar-refractivity contribution in [3.63, 3.8) is 0 Å². The minimum atomic E-state index is 0.0597. The molecule has 7 heteroatoms. The number of hydrogen-bond donors (Lipinski definition) is 2. The molecule has 1 aromatic heterocycles. The van der Waals surface area contributed by atoms with E-state index in [2.05, 4.69) is 15.3 Å². The molecular weight excluding hydrogens is 252 g/mol. The molecule has 1 saturated heterocycles. The highest BCUT2D eigenvalue weighted by Gasteiger charge is 2.24. The van der Waals surface area contributed by atoms with Gasteiger partial charge in [0.05, 0.1) is 19.3 Å². The van der Waals surface area contributed by atoms with E-state index in [1.54, 1.807) is 0 Å². The summed E-state index contributed by atoms with van der Waals surface area (Å²) in [5, 5.41) is 18.6. The average Bonchev–Trinajstić information content (AvgIpc) is 2.78. The van der Waals surface area contributed by atoms with E-state index in [1.807, 2.05) is 0 Å². The van der Waals surface area contributed by atoms with Crippen LogP contribution in [0.2, 0.25) is 0 Å². The van der Waals surface area contributed by atoms with Crippen LogP contribution >= 0.6 is 11.5 Å². The summed E-state index contributed by atoms with van der Waals surface area (Å²) in [4.78, 5) is 2.13. The summed E-state index contributed by atoms with van der Waals surface area (Å²) in [5.41, 5.74) is 6.13. The van der Waals surface area contributed by atoms with Crippen LogP contribution in [0.1, 0.15) is 18.4 Å². The lowest BCUT2D eigenvalue weighted by Gasteiger charge is -2.32. The predicted octanol–water partition coefficient (Wildman–Crippen LogP) is 0.575. The first-order valence-corrected chi connectivity index (χ1v) is 6.66. The van der Waals surface area contributed by atoms with Gasteiger partial charge in [0, 0.05) is 13.1 Å². The Kier molecular flexibility index (Phi) is 4.36. The topological polar surface area (TPSA) is 95.4 Å². The van der Waals surface area contributed by atoms with Crippen LogP contribution in [-0.2, 0) is 4.74 Å². The van der Waals surface area contributed by atoms with Gasteiger partial charge in [-0.1, -0.05) is 0 Å². The number of aliphatic hydroxyl groups excluding tert-OH is 1. The second-order valence-corrected chi connectivity index (χ2v) is 4.89. The molecule has 6 nitrogen and oxygen atoms in total. The quantitative estimate of drug-likeness (QED) is 0.829. The molecule has 0 aliphatic carbocycles. The average molecular weight is 268 g/mol. The molecular formula is C11H16N4O2S. The van der Waals surface area contributed by atoms with Crippen LogP contribution in [0.25, 0.3) is 0 Å². The molecule has 2 heterocycles. The van der Waals surface area contributed by atoms with Gasteiger partial charge in [-0.15, -0.1) is 0 Å². The number of nitriles is 1. The number of anilines is 2. The molecule has 0 spiro atoms. The van der Waals surface area contributed by atoms with E-state index < -0.39 is 0 Å². The summed E-state index contributed by atoms with van der Waals surface area (Å²) in [7, 11) is 0. The Hall–Kier alpha value is -1.36. The standard InChI is InChI=1S/C11H16N4O2S/c12-7-9-10(13)14-18-11(9)15-3-1-8(2-4-15)17-6-5-16/h8,16H,1-6H2,(H2,13,14). The fraction of sp³-hybridized carbons (Fsp3) is 0.636. The molecule has 0 amide bonds. The van der Waals surface area contributed by atoms with Crippen molar-refractivity contribution in [2.75, 3.05) is 36.9 Å². The molecule has 0 radical (unpaired) electrons. The van der Waals surface area contributed by atoms with E-state index in [1.165, 1.54) is 11.5 Å². The largest absolute Gasteiger partial charge is 0.394 e. The highest BCUT2D eigenvalue weighted by Crippen LogP contribution is 2.32. The van der Waals surface area contributed by atoms with Gasteiger partial charge in [0.2, 0.25) is 0 Å². The van der Waals surface area contributed by atoms with E-state index in [4.69, 9.17) is 20.8 Å². The number of aliphatic hydroxyl groups is 1. The lowest BCUT2D eigenvalue weighted by molar-refractivity contribution is 0.0159. The zero-order chi connectivity index (χ0) is 13.0. The van der Waals surface area contributed by atoms with E-state index in [-0.39, 0.29) is 12.7 Å². The van der Waals surface area contributed by atoms with Crippen LogP contribution in [0.5, 0.6) is 0 Å². The molecule has 1 aliphatic rings. The van der Waals surface area contributed by atoms with Crippen molar-refractivity contribution in [3.8, 4) is 6.07 Å². The summed E-state index contributed by atoms with van der Waals surface area (Å²) in [6.45, 7) is 2.10. The van der Waals surface area contributed by atoms with Gasteiger partial charge in [-0.05, 0) is 24.4 Å². The van der Waals surface area contributed by atoms with Crippen molar-refractivity contribution >= 4 is 22.4 Å². The normalized spacial score (nSPS) is 16.8. The zero-order valence-corrected chi connectivity index (χ0v) is 10.8. The van der Waals surface area contributed by atoms with E-state index in [0.29, 0.717) is 18.0 Å². The lowest BCUT2D eigenvalue weighted by atomic mass is 10.1. The van der Waals surface area contributed by atoms with Crippen LogP contribution in [0.4, 0.5) is 10.8 Å². The molecule has 18 heavy (non-hydrogen) atoms. The zero-order valence-electron chi connectivity index (χ0n) is 10.0. The minimum absolute atomic E-state index is 0.0597. The monoisotopic (exact) mass is 268 g/mol. The van der Waals surface area contributed by atoms with Gasteiger partial charge in [0.15, 0.2) is 5.82 Å². The van der Waals surface area contributed by atoms with Crippen molar-refractivity contribution in [2.24, 2.45) is 0 Å². The Morgan fingerprint density at radius 3 is 2.89 bits per heavy atom. The maximum absolute atomic E-state index is 9.04. The summed E-state index contributed by atoms with van der Waals surface area (Å²) in [6.07, 6.45) is 1.98. The maximum atomic E-state index is 9.04. The van der Waals surface area contributed by atoms with Gasteiger partial charge in [0.1, 0.15) is 16.6 Å². The van der Waals surface area contributed by atoms with Crippen LogP contribution in [0, 0.1) is 11.3 Å². The van der Waals surface area contributed by atoms with Crippen LogP contribution in [0.15, 0.2) is 0 Å². The molecule has 1 fully saturated rings. The van der Waals surface area contributed by atoms with Crippen molar-refractivity contribution in [3.05, 3.63) is 5.56 Å². The lowest BCUT2D eigenvalue weighted by Crippen LogP contribution is -2.37. The van der Waals surface area contributed by atoms with Crippen molar-refractivity contribution < 1.29 is 9.84 Å². The number of nitrogens with zero attached hydrogens (tertiary/aromatic N) is 3. The summed E-state index contributed by atoms with van der Waals surface area (Å²) < 4.78 is 9.52. The van der Waals surface area contributed by atoms with Crippen molar-refractivity contribution in [1.29, 1.82) is 5.26 Å². The Bertz CT molecular complexity index is 435. The second kappa shape index (κ2) is 6.00. The van der Waals surface area contributed by atoms with Gasteiger partial charge < -0.3 is 20.5 Å². The third kappa shape index (κ3) is 2.72. The highest BCUT2D eigenvalue weighted by molar-refractivity contribution is 7.10. The van der Waals surface area contributed by atoms with E-state index in [9.17, 15) is 0 Å². The Balaban J connectivity index is 1.95. The number of piperidine rings is 1. The van der Waals surface area contributed by atoms with Gasteiger partial charge in [-0.3, -0.25) is 0 Å². The van der Waals surface area contributed by atoms with Crippen LogP contribution < -0.4 is 10.6 Å². The van der Waals surface area contributed by atoms with Crippen LogP contribution in [0.3, 0.4) is 0 Å². The van der Waals surface area contributed by atoms with Gasteiger partial charge in [-0.2, -0.15) is 9.64 Å². The number of rotatable bonds is 4.